The van der Waals surface area contributed by atoms with Gasteiger partial charge in [-0.1, -0.05) is 16.1 Å². The summed E-state index contributed by atoms with van der Waals surface area (Å²) in [7, 11) is -3.65. The lowest BCUT2D eigenvalue weighted by Gasteiger charge is -2.15. The summed E-state index contributed by atoms with van der Waals surface area (Å²) in [5.74, 6) is 0. The fraction of sp³-hybridized carbons (Fsp3) is 0.400. The average molecular weight is 277 g/mol. The fourth-order valence-electron chi connectivity index (χ4n) is 1.55. The van der Waals surface area contributed by atoms with Crippen LogP contribution in [0.1, 0.15) is 12.0 Å². The fourth-order valence-corrected chi connectivity index (χ4v) is 3.21. The molecule has 1 aliphatic heterocycles. The van der Waals surface area contributed by atoms with Crippen LogP contribution in [0.15, 0.2) is 17.0 Å². The molecule has 2 rings (SSSR count). The van der Waals surface area contributed by atoms with Crippen molar-refractivity contribution in [3.05, 3.63) is 22.7 Å². The molecule has 0 radical (unpaired) electrons. The van der Waals surface area contributed by atoms with Crippen LogP contribution in [-0.2, 0) is 14.9 Å². The van der Waals surface area contributed by atoms with Gasteiger partial charge in [-0.2, -0.15) is 0 Å². The molecule has 0 atom stereocenters. The van der Waals surface area contributed by atoms with Crippen LogP contribution in [0.4, 0.5) is 5.69 Å². The van der Waals surface area contributed by atoms with E-state index in [-0.39, 0.29) is 4.90 Å². The number of halogens is 1. The SMILES string of the molecule is Cc1c(N)cc(S(=O)(=O)N2CCCO2)cc1Cl. The molecular formula is C10H13ClN2O3S. The monoisotopic (exact) mass is 276 g/mol. The molecule has 17 heavy (non-hydrogen) atoms. The number of rotatable bonds is 2. The largest absolute Gasteiger partial charge is 0.398 e. The molecule has 2 N–H and O–H groups in total. The van der Waals surface area contributed by atoms with Crippen LogP contribution in [0, 0.1) is 6.92 Å². The van der Waals surface area contributed by atoms with Crippen molar-refractivity contribution in [3.8, 4) is 0 Å². The van der Waals surface area contributed by atoms with Crippen LogP contribution in [-0.4, -0.2) is 26.0 Å². The topological polar surface area (TPSA) is 72.6 Å². The van der Waals surface area contributed by atoms with E-state index in [0.29, 0.717) is 35.8 Å². The molecule has 0 amide bonds. The smallest absolute Gasteiger partial charge is 0.265 e. The summed E-state index contributed by atoms with van der Waals surface area (Å²) in [6, 6.07) is 2.79. The third-order valence-corrected chi connectivity index (χ3v) is 4.69. The first-order valence-electron chi connectivity index (χ1n) is 5.14. The second kappa shape index (κ2) is 4.45. The van der Waals surface area contributed by atoms with Crippen molar-refractivity contribution in [1.82, 2.24) is 4.47 Å². The molecule has 1 aliphatic rings. The van der Waals surface area contributed by atoms with Crippen LogP contribution in [0.5, 0.6) is 0 Å². The quantitative estimate of drug-likeness (QED) is 0.832. The zero-order valence-corrected chi connectivity index (χ0v) is 10.9. The van der Waals surface area contributed by atoms with Crippen molar-refractivity contribution in [2.24, 2.45) is 0 Å². The number of nitrogens with zero attached hydrogens (tertiary/aromatic N) is 1. The van der Waals surface area contributed by atoms with Gasteiger partial charge in [-0.05, 0) is 31.0 Å². The lowest BCUT2D eigenvalue weighted by atomic mass is 10.2. The maximum absolute atomic E-state index is 12.1. The van der Waals surface area contributed by atoms with Gasteiger partial charge in [0.1, 0.15) is 0 Å². The van der Waals surface area contributed by atoms with E-state index in [4.69, 9.17) is 22.2 Å². The van der Waals surface area contributed by atoms with Crippen LogP contribution in [0.2, 0.25) is 5.02 Å². The zero-order chi connectivity index (χ0) is 12.6. The minimum absolute atomic E-state index is 0.0625. The van der Waals surface area contributed by atoms with E-state index in [1.54, 1.807) is 6.92 Å². The number of sulfonamides is 1. The first-order valence-corrected chi connectivity index (χ1v) is 6.96. The van der Waals surface area contributed by atoms with Crippen molar-refractivity contribution in [2.75, 3.05) is 18.9 Å². The Morgan fingerprint density at radius 1 is 1.47 bits per heavy atom. The predicted octanol–water partition coefficient (Wildman–Crippen LogP) is 1.56. The number of hydrogen-bond donors (Lipinski definition) is 1. The first kappa shape index (κ1) is 12.6. The molecule has 0 spiro atoms. The summed E-state index contributed by atoms with van der Waals surface area (Å²) in [6.07, 6.45) is 0.689. The van der Waals surface area contributed by atoms with Crippen LogP contribution in [0.3, 0.4) is 0 Å². The molecule has 7 heteroatoms. The Bertz CT molecular complexity index is 515. The van der Waals surface area contributed by atoms with E-state index in [1.165, 1.54) is 12.1 Å². The third kappa shape index (κ3) is 2.26. The molecule has 0 unspecified atom stereocenters. The molecule has 0 saturated carbocycles. The van der Waals surface area contributed by atoms with Crippen molar-refractivity contribution in [2.45, 2.75) is 18.2 Å². The van der Waals surface area contributed by atoms with E-state index in [0.717, 1.165) is 4.47 Å². The maximum Gasteiger partial charge on any atom is 0.265 e. The van der Waals surface area contributed by atoms with Gasteiger partial charge in [0, 0.05) is 17.3 Å². The van der Waals surface area contributed by atoms with Gasteiger partial charge < -0.3 is 5.73 Å². The summed E-state index contributed by atoms with van der Waals surface area (Å²) in [6.45, 7) is 2.50. The van der Waals surface area contributed by atoms with Gasteiger partial charge >= 0.3 is 0 Å². The van der Waals surface area contributed by atoms with E-state index in [2.05, 4.69) is 0 Å². The van der Waals surface area contributed by atoms with Gasteiger partial charge in [-0.15, -0.1) is 0 Å². The number of hydrogen-bond acceptors (Lipinski definition) is 4. The van der Waals surface area contributed by atoms with Gasteiger partial charge in [0.15, 0.2) is 0 Å². The second-order valence-corrected chi connectivity index (χ2v) is 6.07. The standard InChI is InChI=1S/C10H13ClN2O3S/c1-7-9(11)5-8(6-10(7)12)17(14,15)13-3-2-4-16-13/h5-6H,2-4,12H2,1H3. The average Bonchev–Trinajstić information content (AvgIpc) is 2.79. The third-order valence-electron chi connectivity index (χ3n) is 2.64. The van der Waals surface area contributed by atoms with Gasteiger partial charge in [-0.25, -0.2) is 8.42 Å². The molecular weight excluding hydrogens is 264 g/mol. The van der Waals surface area contributed by atoms with E-state index < -0.39 is 10.0 Å². The van der Waals surface area contributed by atoms with Crippen LogP contribution in [0.25, 0.3) is 0 Å². The number of hydroxylamine groups is 1. The summed E-state index contributed by atoms with van der Waals surface area (Å²) in [5, 5.41) is 0.336. The van der Waals surface area contributed by atoms with E-state index in [1.807, 2.05) is 0 Å². The molecule has 1 fully saturated rings. The molecule has 1 heterocycles. The summed E-state index contributed by atoms with van der Waals surface area (Å²) in [4.78, 5) is 5.11. The Kier molecular flexibility index (Phi) is 3.31. The number of nitrogen functional groups attached to an aromatic ring is 1. The van der Waals surface area contributed by atoms with Crippen molar-refractivity contribution in [1.29, 1.82) is 0 Å². The Hall–Kier alpha value is -0.820. The van der Waals surface area contributed by atoms with E-state index >= 15 is 0 Å². The maximum atomic E-state index is 12.1. The molecule has 0 bridgehead atoms. The van der Waals surface area contributed by atoms with Crippen molar-refractivity contribution >= 4 is 27.3 Å². The van der Waals surface area contributed by atoms with Crippen LogP contribution >= 0.6 is 11.6 Å². The Morgan fingerprint density at radius 3 is 2.71 bits per heavy atom. The van der Waals surface area contributed by atoms with Gasteiger partial charge in [0.2, 0.25) is 0 Å². The lowest BCUT2D eigenvalue weighted by Crippen LogP contribution is -2.26. The highest BCUT2D eigenvalue weighted by atomic mass is 35.5. The zero-order valence-electron chi connectivity index (χ0n) is 9.31. The van der Waals surface area contributed by atoms with Crippen LogP contribution < -0.4 is 5.73 Å². The first-order chi connectivity index (χ1) is 7.93. The highest BCUT2D eigenvalue weighted by Crippen LogP contribution is 2.28. The van der Waals surface area contributed by atoms with Crippen molar-refractivity contribution < 1.29 is 13.3 Å². The van der Waals surface area contributed by atoms with Crippen molar-refractivity contribution in [3.63, 3.8) is 0 Å². The molecule has 1 aromatic carbocycles. The minimum atomic E-state index is -3.65. The molecule has 1 aromatic rings. The van der Waals surface area contributed by atoms with E-state index in [9.17, 15) is 8.42 Å². The van der Waals surface area contributed by atoms with Gasteiger partial charge in [0.25, 0.3) is 10.0 Å². The summed E-state index contributed by atoms with van der Waals surface area (Å²) < 4.78 is 25.3. The number of anilines is 1. The van der Waals surface area contributed by atoms with Gasteiger partial charge in [-0.3, -0.25) is 4.84 Å². The minimum Gasteiger partial charge on any atom is -0.398 e. The molecule has 1 saturated heterocycles. The normalized spacial score (nSPS) is 17.5. The Morgan fingerprint density at radius 2 is 2.18 bits per heavy atom. The number of benzene rings is 1. The van der Waals surface area contributed by atoms with Gasteiger partial charge in [0.05, 0.1) is 11.5 Å². The molecule has 94 valence electrons. The Labute approximate surface area is 105 Å². The Balaban J connectivity index is 2.46. The molecule has 5 nitrogen and oxygen atoms in total. The second-order valence-electron chi connectivity index (χ2n) is 3.84. The highest BCUT2D eigenvalue weighted by molar-refractivity contribution is 7.89. The lowest BCUT2D eigenvalue weighted by molar-refractivity contribution is -0.0284. The number of nitrogens with two attached hydrogens (primary N) is 1. The summed E-state index contributed by atoms with van der Waals surface area (Å²) >= 11 is 5.93. The predicted molar refractivity (Wildman–Crippen MR) is 65.1 cm³/mol. The highest BCUT2D eigenvalue weighted by Gasteiger charge is 2.29. The molecule has 0 aliphatic carbocycles. The summed E-state index contributed by atoms with van der Waals surface area (Å²) in [5.41, 5.74) is 6.74. The molecule has 0 aromatic heterocycles.